The first kappa shape index (κ1) is 26.7. The smallest absolute Gasteiger partial charge is 0.265 e. The lowest BCUT2D eigenvalue weighted by molar-refractivity contribution is -0.141. The highest BCUT2D eigenvalue weighted by atomic mass is 79.9. The van der Waals surface area contributed by atoms with Gasteiger partial charge in [-0.2, -0.15) is 0 Å². The molecule has 0 unspecified atom stereocenters. The Morgan fingerprint density at radius 2 is 1.74 bits per heavy atom. The molecule has 0 bridgehead atoms. The molecule has 2 amide bonds. The predicted molar refractivity (Wildman–Crippen MR) is 152 cm³/mol. The van der Waals surface area contributed by atoms with Crippen molar-refractivity contribution in [1.29, 1.82) is 0 Å². The molecule has 1 atom stereocenters. The molecule has 2 aliphatic rings. The number of benzene rings is 3. The number of hydrogen-bond donors (Lipinski definition) is 1. The van der Waals surface area contributed by atoms with Gasteiger partial charge < -0.3 is 10.2 Å². The number of hydrogen-bond acceptors (Lipinski definition) is 4. The van der Waals surface area contributed by atoms with Gasteiger partial charge in [0.25, 0.3) is 10.0 Å². The Morgan fingerprint density at radius 1 is 1.05 bits per heavy atom. The Labute approximate surface area is 232 Å². The van der Waals surface area contributed by atoms with E-state index in [0.29, 0.717) is 23.5 Å². The summed E-state index contributed by atoms with van der Waals surface area (Å²) < 4.78 is 28.9. The van der Waals surface area contributed by atoms with Crippen LogP contribution in [0.15, 0.2) is 70.0 Å². The van der Waals surface area contributed by atoms with Crippen molar-refractivity contribution in [2.24, 2.45) is 0 Å². The zero-order valence-electron chi connectivity index (χ0n) is 21.4. The van der Waals surface area contributed by atoms with Gasteiger partial charge in [0.05, 0.1) is 10.6 Å². The summed E-state index contributed by atoms with van der Waals surface area (Å²) in [5.41, 5.74) is 1.58. The van der Waals surface area contributed by atoms with Gasteiger partial charge in [-0.3, -0.25) is 13.9 Å². The van der Waals surface area contributed by atoms with E-state index in [1.165, 1.54) is 4.31 Å². The number of sulfonamides is 1. The van der Waals surface area contributed by atoms with Crippen molar-refractivity contribution in [2.75, 3.05) is 10.8 Å². The second-order valence-corrected chi connectivity index (χ2v) is 12.9. The first-order valence-corrected chi connectivity index (χ1v) is 15.4. The van der Waals surface area contributed by atoms with Crippen molar-refractivity contribution < 1.29 is 18.0 Å². The van der Waals surface area contributed by atoms with Gasteiger partial charge in [-0.25, -0.2) is 8.42 Å². The lowest BCUT2D eigenvalue weighted by Crippen LogP contribution is -2.49. The molecule has 7 nitrogen and oxygen atoms in total. The van der Waals surface area contributed by atoms with Crippen molar-refractivity contribution in [3.63, 3.8) is 0 Å². The molecule has 5 rings (SSSR count). The number of amides is 2. The number of carbonyl (C=O) groups is 2. The number of halogens is 1. The molecule has 200 valence electrons. The molecular formula is C29H32BrN3O4S. The number of nitrogens with zero attached hydrogens (tertiary/aromatic N) is 2. The highest BCUT2D eigenvalue weighted by molar-refractivity contribution is 9.10. The third-order valence-electron chi connectivity index (χ3n) is 7.57. The minimum atomic E-state index is -3.67. The maximum absolute atomic E-state index is 13.5. The van der Waals surface area contributed by atoms with E-state index in [0.717, 1.165) is 46.5 Å². The number of nitrogens with one attached hydrogen (secondary N) is 1. The van der Waals surface area contributed by atoms with Crippen molar-refractivity contribution in [3.05, 3.63) is 70.7 Å². The van der Waals surface area contributed by atoms with Gasteiger partial charge in [-0.05, 0) is 61.4 Å². The van der Waals surface area contributed by atoms with Gasteiger partial charge in [0.1, 0.15) is 6.04 Å². The maximum atomic E-state index is 13.5. The monoisotopic (exact) mass is 597 g/mol. The molecule has 1 aliphatic carbocycles. The van der Waals surface area contributed by atoms with Crippen LogP contribution in [0.1, 0.15) is 51.0 Å². The van der Waals surface area contributed by atoms with E-state index in [-0.39, 0.29) is 30.8 Å². The highest BCUT2D eigenvalue weighted by Crippen LogP contribution is 2.42. The van der Waals surface area contributed by atoms with E-state index in [9.17, 15) is 18.0 Å². The van der Waals surface area contributed by atoms with Gasteiger partial charge in [-0.1, -0.05) is 65.2 Å². The van der Waals surface area contributed by atoms with Crippen molar-refractivity contribution in [3.8, 4) is 0 Å². The van der Waals surface area contributed by atoms with E-state index in [2.05, 4.69) is 21.2 Å². The molecule has 9 heteroatoms. The van der Waals surface area contributed by atoms with Crippen LogP contribution in [-0.2, 0) is 26.2 Å². The molecule has 1 aliphatic heterocycles. The third-order valence-corrected chi connectivity index (χ3v) is 9.95. The summed E-state index contributed by atoms with van der Waals surface area (Å²) in [7, 11) is -3.67. The van der Waals surface area contributed by atoms with E-state index in [1.54, 1.807) is 24.0 Å². The van der Waals surface area contributed by atoms with Crippen molar-refractivity contribution in [1.82, 2.24) is 10.2 Å². The maximum Gasteiger partial charge on any atom is 0.265 e. The second-order valence-electron chi connectivity index (χ2n) is 10.1. The van der Waals surface area contributed by atoms with Crippen LogP contribution in [-0.4, -0.2) is 43.8 Å². The van der Waals surface area contributed by atoms with Crippen molar-refractivity contribution in [2.45, 2.75) is 69.0 Å². The molecule has 0 spiro atoms. The summed E-state index contributed by atoms with van der Waals surface area (Å²) in [6.45, 7) is 2.26. The SMILES string of the molecule is C[C@H](C(=O)NC1CCCC1)N(Cc1ccc(Br)cc1)C(=O)CCCN1c2cccc3cccc(c23)S1(=O)=O. The van der Waals surface area contributed by atoms with Crippen LogP contribution in [0.25, 0.3) is 10.8 Å². The van der Waals surface area contributed by atoms with Crippen LogP contribution in [0.5, 0.6) is 0 Å². The summed E-state index contributed by atoms with van der Waals surface area (Å²) in [4.78, 5) is 28.5. The molecule has 1 N–H and O–H groups in total. The Bertz CT molecular complexity index is 1450. The van der Waals surface area contributed by atoms with Crippen LogP contribution in [0.2, 0.25) is 0 Å². The summed E-state index contributed by atoms with van der Waals surface area (Å²) in [6, 6.07) is 18.1. The average Bonchev–Trinajstić information content (AvgIpc) is 3.49. The van der Waals surface area contributed by atoms with Crippen LogP contribution in [0.3, 0.4) is 0 Å². The third kappa shape index (κ3) is 5.31. The highest BCUT2D eigenvalue weighted by Gasteiger charge is 2.35. The Kier molecular flexibility index (Phi) is 7.77. The predicted octanol–water partition coefficient (Wildman–Crippen LogP) is 5.37. The first-order chi connectivity index (χ1) is 18.3. The van der Waals surface area contributed by atoms with Gasteiger partial charge in [0.15, 0.2) is 0 Å². The standard InChI is InChI=1S/C29H32BrN3O4S/c1-20(29(35)31-24-9-2-3-10-24)32(19-21-14-16-23(30)17-15-21)27(34)13-6-18-33-25-11-4-7-22-8-5-12-26(28(22)25)38(33,36)37/h4-5,7-8,11-12,14-17,20,24H,2-3,6,9-10,13,18-19H2,1H3,(H,31,35)/t20-/m1/s1. The van der Waals surface area contributed by atoms with E-state index in [1.807, 2.05) is 48.5 Å². The molecule has 38 heavy (non-hydrogen) atoms. The molecule has 1 heterocycles. The molecule has 0 radical (unpaired) electrons. The fraction of sp³-hybridized carbons (Fsp3) is 0.379. The lowest BCUT2D eigenvalue weighted by atomic mass is 10.1. The number of carbonyl (C=O) groups excluding carboxylic acids is 2. The normalized spacial score (nSPS) is 17.1. The van der Waals surface area contributed by atoms with Gasteiger partial charge in [0.2, 0.25) is 11.8 Å². The fourth-order valence-corrected chi connectivity index (χ4v) is 7.49. The van der Waals surface area contributed by atoms with Gasteiger partial charge >= 0.3 is 0 Å². The van der Waals surface area contributed by atoms with E-state index in [4.69, 9.17) is 0 Å². The van der Waals surface area contributed by atoms with Gasteiger partial charge in [0, 0.05) is 35.4 Å². The summed E-state index contributed by atoms with van der Waals surface area (Å²) in [6.07, 6.45) is 4.64. The van der Waals surface area contributed by atoms with Crippen LogP contribution in [0.4, 0.5) is 5.69 Å². The Morgan fingerprint density at radius 3 is 2.45 bits per heavy atom. The van der Waals surface area contributed by atoms with Crippen LogP contribution < -0.4 is 9.62 Å². The lowest BCUT2D eigenvalue weighted by Gasteiger charge is -2.30. The zero-order valence-corrected chi connectivity index (χ0v) is 23.8. The zero-order chi connectivity index (χ0) is 26.9. The molecule has 3 aromatic carbocycles. The number of anilines is 1. The molecular weight excluding hydrogens is 566 g/mol. The van der Waals surface area contributed by atoms with Crippen molar-refractivity contribution >= 4 is 54.2 Å². The summed E-state index contributed by atoms with van der Waals surface area (Å²) in [5, 5.41) is 4.73. The molecule has 0 aromatic heterocycles. The average molecular weight is 599 g/mol. The van der Waals surface area contributed by atoms with Crippen LogP contribution >= 0.6 is 15.9 Å². The van der Waals surface area contributed by atoms with Gasteiger partial charge in [-0.15, -0.1) is 0 Å². The molecule has 3 aromatic rings. The molecule has 0 saturated heterocycles. The van der Waals surface area contributed by atoms with E-state index < -0.39 is 16.1 Å². The molecule has 1 saturated carbocycles. The fourth-order valence-electron chi connectivity index (χ4n) is 5.48. The summed E-state index contributed by atoms with van der Waals surface area (Å²) >= 11 is 3.44. The minimum absolute atomic E-state index is 0.135. The quantitative estimate of drug-likeness (QED) is 0.359. The van der Waals surface area contributed by atoms with Crippen LogP contribution in [0, 0.1) is 0 Å². The largest absolute Gasteiger partial charge is 0.352 e. The van der Waals surface area contributed by atoms with E-state index >= 15 is 0 Å². The second kappa shape index (κ2) is 11.1. The topological polar surface area (TPSA) is 86.8 Å². The molecule has 1 fully saturated rings. The first-order valence-electron chi connectivity index (χ1n) is 13.1. The Balaban J connectivity index is 1.29. The Hall–Kier alpha value is -2.91. The number of rotatable bonds is 9. The minimum Gasteiger partial charge on any atom is -0.352 e. The summed E-state index contributed by atoms with van der Waals surface area (Å²) in [5.74, 6) is -0.319.